The second-order valence-electron chi connectivity index (χ2n) is 7.47. The van der Waals surface area contributed by atoms with Gasteiger partial charge in [0.05, 0.1) is 31.6 Å². The quantitative estimate of drug-likeness (QED) is 0.540. The summed E-state index contributed by atoms with van der Waals surface area (Å²) in [6.07, 6.45) is -3.80. The van der Waals surface area contributed by atoms with E-state index in [1.165, 1.54) is 34.6 Å². The van der Waals surface area contributed by atoms with Gasteiger partial charge in [0.25, 0.3) is 0 Å². The minimum atomic E-state index is -4.52. The number of fused-ring (bicyclic) bond motifs is 1. The molecule has 2 aliphatic rings. The Morgan fingerprint density at radius 2 is 1.97 bits per heavy atom. The van der Waals surface area contributed by atoms with Crippen LogP contribution in [0.4, 0.5) is 13.2 Å². The number of hydrogen-bond acceptors (Lipinski definition) is 7. The van der Waals surface area contributed by atoms with Gasteiger partial charge in [-0.1, -0.05) is 30.0 Å². The number of aromatic nitrogens is 3. The fourth-order valence-corrected chi connectivity index (χ4v) is 4.53. The predicted molar refractivity (Wildman–Crippen MR) is 116 cm³/mol. The van der Waals surface area contributed by atoms with Crippen LogP contribution in [0, 0.1) is 0 Å². The highest BCUT2D eigenvalue weighted by atomic mass is 32.2. The zero-order chi connectivity index (χ0) is 23.0. The zero-order valence-corrected chi connectivity index (χ0v) is 18.3. The molecule has 0 N–H and O–H groups in total. The van der Waals surface area contributed by atoms with Crippen LogP contribution >= 0.6 is 11.8 Å². The van der Waals surface area contributed by atoms with Crippen LogP contribution in [0.5, 0.6) is 11.5 Å². The first kappa shape index (κ1) is 21.8. The number of rotatable bonds is 5. The van der Waals surface area contributed by atoms with Crippen molar-refractivity contribution in [2.45, 2.75) is 23.9 Å². The van der Waals surface area contributed by atoms with Gasteiger partial charge in [0.2, 0.25) is 5.16 Å². The maximum Gasteiger partial charge on any atom is 0.417 e. The van der Waals surface area contributed by atoms with E-state index in [0.29, 0.717) is 41.3 Å². The monoisotopic (exact) mass is 476 g/mol. The fraction of sp³-hybridized carbons (Fsp3) is 0.318. The van der Waals surface area contributed by atoms with Gasteiger partial charge in [-0.25, -0.2) is 0 Å². The Kier molecular flexibility index (Phi) is 5.75. The number of halogens is 3. The minimum absolute atomic E-state index is 0.0377. The maximum atomic E-state index is 13.6. The minimum Gasteiger partial charge on any atom is -0.493 e. The van der Waals surface area contributed by atoms with Crippen molar-refractivity contribution in [3.63, 3.8) is 0 Å². The third-order valence-corrected chi connectivity index (χ3v) is 6.25. The van der Waals surface area contributed by atoms with Crippen molar-refractivity contribution >= 4 is 17.5 Å². The van der Waals surface area contributed by atoms with Gasteiger partial charge in [-0.15, -0.1) is 10.2 Å². The molecule has 0 bridgehead atoms. The SMILES string of the molecule is COc1ccc(C2=Nn3c(nnc3-c3ccccc3C(F)(F)F)SC2)cc1O[C@H]1CCOC1. The Hall–Kier alpha value is -3.05. The van der Waals surface area contributed by atoms with Crippen LogP contribution in [-0.2, 0) is 10.9 Å². The number of hydrogen-bond donors (Lipinski definition) is 0. The lowest BCUT2D eigenvalue weighted by atomic mass is 10.1. The summed E-state index contributed by atoms with van der Waals surface area (Å²) in [4.78, 5) is 0. The lowest BCUT2D eigenvalue weighted by Gasteiger charge is -2.18. The molecule has 1 fully saturated rings. The highest BCUT2D eigenvalue weighted by Crippen LogP contribution is 2.38. The van der Waals surface area contributed by atoms with Crippen molar-refractivity contribution in [1.82, 2.24) is 14.9 Å². The van der Waals surface area contributed by atoms with Crippen molar-refractivity contribution in [2.24, 2.45) is 5.10 Å². The number of thioether (sulfide) groups is 1. The van der Waals surface area contributed by atoms with Crippen molar-refractivity contribution in [3.8, 4) is 22.9 Å². The van der Waals surface area contributed by atoms with Gasteiger partial charge in [0.15, 0.2) is 17.3 Å². The predicted octanol–water partition coefficient (Wildman–Crippen LogP) is 4.50. The van der Waals surface area contributed by atoms with Crippen LogP contribution in [0.25, 0.3) is 11.4 Å². The van der Waals surface area contributed by atoms with E-state index in [1.807, 2.05) is 12.1 Å². The molecule has 0 amide bonds. The average molecular weight is 476 g/mol. The summed E-state index contributed by atoms with van der Waals surface area (Å²) < 4.78 is 58.9. The van der Waals surface area contributed by atoms with E-state index in [4.69, 9.17) is 14.2 Å². The Labute approximate surface area is 191 Å². The topological polar surface area (TPSA) is 70.8 Å². The smallest absolute Gasteiger partial charge is 0.417 e. The highest BCUT2D eigenvalue weighted by Gasteiger charge is 2.35. The maximum absolute atomic E-state index is 13.6. The van der Waals surface area contributed by atoms with Gasteiger partial charge in [0, 0.05) is 23.3 Å². The molecule has 33 heavy (non-hydrogen) atoms. The van der Waals surface area contributed by atoms with Gasteiger partial charge in [0.1, 0.15) is 6.10 Å². The average Bonchev–Trinajstić information content (AvgIpc) is 3.48. The van der Waals surface area contributed by atoms with E-state index in [2.05, 4.69) is 15.3 Å². The molecule has 0 saturated carbocycles. The van der Waals surface area contributed by atoms with Crippen LogP contribution in [-0.4, -0.2) is 52.8 Å². The summed E-state index contributed by atoms with van der Waals surface area (Å²) >= 11 is 1.35. The Morgan fingerprint density at radius 1 is 1.12 bits per heavy atom. The normalized spacial score (nSPS) is 18.1. The first-order valence-corrected chi connectivity index (χ1v) is 11.2. The van der Waals surface area contributed by atoms with E-state index in [-0.39, 0.29) is 17.5 Å². The lowest BCUT2D eigenvalue weighted by Crippen LogP contribution is -2.18. The molecule has 0 spiro atoms. The van der Waals surface area contributed by atoms with E-state index in [0.717, 1.165) is 18.1 Å². The molecular formula is C22H19F3N4O3S. The number of alkyl halides is 3. The summed E-state index contributed by atoms with van der Waals surface area (Å²) in [5, 5.41) is 13.1. The number of ether oxygens (including phenoxy) is 3. The van der Waals surface area contributed by atoms with Crippen molar-refractivity contribution in [1.29, 1.82) is 0 Å². The Bertz CT molecular complexity index is 1210. The third kappa shape index (κ3) is 4.30. The van der Waals surface area contributed by atoms with E-state index >= 15 is 0 Å². The highest BCUT2D eigenvalue weighted by molar-refractivity contribution is 7.99. The van der Waals surface area contributed by atoms with Gasteiger partial charge in [-0.3, -0.25) is 0 Å². The molecule has 2 aliphatic heterocycles. The fourth-order valence-electron chi connectivity index (χ4n) is 3.70. The molecule has 0 aliphatic carbocycles. The summed E-state index contributed by atoms with van der Waals surface area (Å²) in [5.74, 6) is 1.67. The molecule has 0 radical (unpaired) electrons. The molecule has 172 valence electrons. The molecule has 3 aromatic rings. The largest absolute Gasteiger partial charge is 0.493 e. The van der Waals surface area contributed by atoms with E-state index in [9.17, 15) is 13.2 Å². The van der Waals surface area contributed by atoms with Crippen LogP contribution in [0.1, 0.15) is 17.5 Å². The van der Waals surface area contributed by atoms with Gasteiger partial charge in [-0.2, -0.15) is 22.9 Å². The Morgan fingerprint density at radius 3 is 2.73 bits per heavy atom. The van der Waals surface area contributed by atoms with Crippen LogP contribution in [0.3, 0.4) is 0 Å². The van der Waals surface area contributed by atoms with Gasteiger partial charge >= 0.3 is 6.18 Å². The van der Waals surface area contributed by atoms with E-state index < -0.39 is 11.7 Å². The molecule has 11 heteroatoms. The number of benzene rings is 2. The summed E-state index contributed by atoms with van der Waals surface area (Å²) in [5.41, 5.74) is 0.570. The zero-order valence-electron chi connectivity index (χ0n) is 17.5. The van der Waals surface area contributed by atoms with Crippen molar-refractivity contribution in [3.05, 3.63) is 53.6 Å². The van der Waals surface area contributed by atoms with Crippen molar-refractivity contribution in [2.75, 3.05) is 26.1 Å². The molecular weight excluding hydrogens is 457 g/mol. The van der Waals surface area contributed by atoms with Crippen LogP contribution < -0.4 is 9.47 Å². The van der Waals surface area contributed by atoms with Gasteiger partial charge < -0.3 is 14.2 Å². The molecule has 1 saturated heterocycles. The first-order valence-electron chi connectivity index (χ1n) is 10.2. The Balaban J connectivity index is 1.53. The summed E-state index contributed by atoms with van der Waals surface area (Å²) in [6, 6.07) is 10.7. The second-order valence-corrected chi connectivity index (χ2v) is 8.41. The standard InChI is InChI=1S/C22H19F3N4O3S/c1-30-18-7-6-13(10-19(18)32-14-8-9-31-11-14)17-12-33-21-27-26-20(29(21)28-17)15-4-2-3-5-16(15)22(23,24)25/h2-7,10,14H,8-9,11-12H2,1H3/t14-/m0/s1. The number of nitrogens with zero attached hydrogens (tertiary/aromatic N) is 4. The molecule has 0 unspecified atom stereocenters. The third-order valence-electron chi connectivity index (χ3n) is 5.32. The molecule has 7 nitrogen and oxygen atoms in total. The number of methoxy groups -OCH3 is 1. The molecule has 5 rings (SSSR count). The summed E-state index contributed by atoms with van der Waals surface area (Å²) in [7, 11) is 1.56. The van der Waals surface area contributed by atoms with Crippen LogP contribution in [0.15, 0.2) is 52.7 Å². The summed E-state index contributed by atoms with van der Waals surface area (Å²) in [6.45, 7) is 1.16. The van der Waals surface area contributed by atoms with Gasteiger partial charge in [-0.05, 0) is 24.3 Å². The molecule has 2 aromatic carbocycles. The van der Waals surface area contributed by atoms with Crippen molar-refractivity contribution < 1.29 is 27.4 Å². The van der Waals surface area contributed by atoms with Crippen LogP contribution in [0.2, 0.25) is 0 Å². The molecule has 1 atom stereocenters. The van der Waals surface area contributed by atoms with E-state index in [1.54, 1.807) is 13.2 Å². The second kappa shape index (κ2) is 8.71. The molecule has 3 heterocycles. The molecule has 1 aromatic heterocycles. The lowest BCUT2D eigenvalue weighted by molar-refractivity contribution is -0.137. The first-order chi connectivity index (χ1) is 15.9.